The molecule has 1 atom stereocenters. The van der Waals surface area contributed by atoms with Gasteiger partial charge in [-0.2, -0.15) is 0 Å². The fraction of sp³-hybridized carbons (Fsp3) is 0.357. The smallest absolute Gasteiger partial charge is 0.159 e. The number of hydrogen-bond donors (Lipinski definition) is 1. The predicted molar refractivity (Wildman–Crippen MR) is 69.1 cm³/mol. The van der Waals surface area contributed by atoms with Crippen molar-refractivity contribution in [3.8, 4) is 0 Å². The largest absolute Gasteiger partial charge is 0.383 e. The van der Waals surface area contributed by atoms with Crippen LogP contribution in [0.25, 0.3) is 0 Å². The van der Waals surface area contributed by atoms with Gasteiger partial charge in [0.15, 0.2) is 11.6 Å². The third-order valence-electron chi connectivity index (χ3n) is 2.89. The number of benzene rings is 1. The van der Waals surface area contributed by atoms with E-state index in [0.717, 1.165) is 17.5 Å². The van der Waals surface area contributed by atoms with Gasteiger partial charge >= 0.3 is 0 Å². The Morgan fingerprint density at radius 3 is 2.70 bits per heavy atom. The van der Waals surface area contributed by atoms with Crippen molar-refractivity contribution in [1.29, 1.82) is 0 Å². The van der Waals surface area contributed by atoms with Gasteiger partial charge in [0.1, 0.15) is 5.76 Å². The zero-order chi connectivity index (χ0) is 14.5. The molecule has 0 saturated carbocycles. The number of ether oxygens (including phenoxy) is 1. The van der Waals surface area contributed by atoms with Crippen LogP contribution in [0.15, 0.2) is 28.8 Å². The summed E-state index contributed by atoms with van der Waals surface area (Å²) >= 11 is 0. The maximum Gasteiger partial charge on any atom is 0.159 e. The van der Waals surface area contributed by atoms with Gasteiger partial charge < -0.3 is 14.6 Å². The van der Waals surface area contributed by atoms with Crippen LogP contribution in [0, 0.1) is 18.6 Å². The van der Waals surface area contributed by atoms with Crippen molar-refractivity contribution in [3.05, 3.63) is 52.9 Å². The number of methoxy groups -OCH3 is 1. The zero-order valence-electron chi connectivity index (χ0n) is 11.3. The second-order valence-electron chi connectivity index (χ2n) is 4.49. The van der Waals surface area contributed by atoms with Gasteiger partial charge in [0.05, 0.1) is 18.3 Å². The van der Waals surface area contributed by atoms with Crippen LogP contribution in [0.5, 0.6) is 0 Å². The lowest BCUT2D eigenvalue weighted by atomic mass is 10.1. The third kappa shape index (κ3) is 3.61. The molecule has 1 heterocycles. The molecule has 0 spiro atoms. The number of nitrogens with one attached hydrogen (secondary N) is 1. The molecule has 1 aromatic carbocycles. The summed E-state index contributed by atoms with van der Waals surface area (Å²) in [6, 6.07) is 5.35. The molecular weight excluding hydrogens is 266 g/mol. The Labute approximate surface area is 115 Å². The highest BCUT2D eigenvalue weighted by atomic mass is 19.2. The van der Waals surface area contributed by atoms with Crippen molar-refractivity contribution < 1.29 is 18.0 Å². The molecule has 4 nitrogen and oxygen atoms in total. The van der Waals surface area contributed by atoms with E-state index in [1.165, 1.54) is 12.1 Å². The number of halogens is 2. The van der Waals surface area contributed by atoms with E-state index in [4.69, 9.17) is 9.26 Å². The Hall–Kier alpha value is -1.79. The summed E-state index contributed by atoms with van der Waals surface area (Å²) in [7, 11) is 1.55. The normalized spacial score (nSPS) is 12.6. The number of rotatable bonds is 6. The van der Waals surface area contributed by atoms with Gasteiger partial charge in [-0.3, -0.25) is 0 Å². The molecule has 1 aromatic heterocycles. The molecule has 2 rings (SSSR count). The van der Waals surface area contributed by atoms with Crippen LogP contribution in [-0.4, -0.2) is 18.9 Å². The van der Waals surface area contributed by atoms with Gasteiger partial charge in [-0.1, -0.05) is 11.2 Å². The Kier molecular flexibility index (Phi) is 4.81. The van der Waals surface area contributed by atoms with Crippen molar-refractivity contribution in [3.63, 3.8) is 0 Å². The summed E-state index contributed by atoms with van der Waals surface area (Å²) in [6.07, 6.45) is 0. The summed E-state index contributed by atoms with van der Waals surface area (Å²) in [5.41, 5.74) is 1.36. The molecule has 0 saturated heterocycles. The van der Waals surface area contributed by atoms with Crippen LogP contribution < -0.4 is 5.32 Å². The summed E-state index contributed by atoms with van der Waals surface area (Å²) in [6.45, 7) is 2.59. The molecule has 0 fully saturated rings. The Morgan fingerprint density at radius 2 is 2.10 bits per heavy atom. The van der Waals surface area contributed by atoms with Crippen LogP contribution >= 0.6 is 0 Å². The molecule has 0 radical (unpaired) electrons. The molecule has 0 bridgehead atoms. The minimum absolute atomic E-state index is 0.257. The second kappa shape index (κ2) is 6.58. The first-order chi connectivity index (χ1) is 9.60. The number of nitrogens with zero attached hydrogens (tertiary/aromatic N) is 1. The molecule has 2 aromatic rings. The van der Waals surface area contributed by atoms with Crippen molar-refractivity contribution in [1.82, 2.24) is 10.5 Å². The SMILES string of the molecule is COC[C@@H](NCc1cc(C)on1)c1ccc(F)c(F)c1. The second-order valence-corrected chi connectivity index (χ2v) is 4.49. The van der Waals surface area contributed by atoms with E-state index in [2.05, 4.69) is 10.5 Å². The van der Waals surface area contributed by atoms with Gasteiger partial charge in [-0.05, 0) is 24.6 Å². The van der Waals surface area contributed by atoms with E-state index in [1.54, 1.807) is 14.0 Å². The average Bonchev–Trinajstić information content (AvgIpc) is 2.84. The molecule has 1 N–H and O–H groups in total. The minimum Gasteiger partial charge on any atom is -0.383 e. The zero-order valence-corrected chi connectivity index (χ0v) is 11.3. The first-order valence-corrected chi connectivity index (χ1v) is 6.19. The minimum atomic E-state index is -0.873. The lowest BCUT2D eigenvalue weighted by Gasteiger charge is -2.17. The van der Waals surface area contributed by atoms with Gasteiger partial charge in [-0.25, -0.2) is 8.78 Å². The molecule has 20 heavy (non-hydrogen) atoms. The van der Waals surface area contributed by atoms with E-state index in [0.29, 0.717) is 18.7 Å². The Morgan fingerprint density at radius 1 is 1.30 bits per heavy atom. The van der Waals surface area contributed by atoms with Crippen LogP contribution in [0.3, 0.4) is 0 Å². The topological polar surface area (TPSA) is 47.3 Å². The Balaban J connectivity index is 2.07. The fourth-order valence-electron chi connectivity index (χ4n) is 1.90. The molecule has 108 valence electrons. The van der Waals surface area contributed by atoms with Gasteiger partial charge in [0.25, 0.3) is 0 Å². The quantitative estimate of drug-likeness (QED) is 0.885. The average molecular weight is 282 g/mol. The highest BCUT2D eigenvalue weighted by Crippen LogP contribution is 2.17. The van der Waals surface area contributed by atoms with Crippen LogP contribution in [0.4, 0.5) is 8.78 Å². The molecule has 0 aliphatic heterocycles. The van der Waals surface area contributed by atoms with E-state index in [-0.39, 0.29) is 6.04 Å². The van der Waals surface area contributed by atoms with Crippen molar-refractivity contribution in [2.24, 2.45) is 0 Å². The summed E-state index contributed by atoms with van der Waals surface area (Å²) in [5, 5.41) is 7.04. The fourth-order valence-corrected chi connectivity index (χ4v) is 1.90. The maximum atomic E-state index is 13.3. The number of hydrogen-bond acceptors (Lipinski definition) is 4. The molecular formula is C14H16F2N2O2. The van der Waals surface area contributed by atoms with Gasteiger partial charge in [0, 0.05) is 19.7 Å². The third-order valence-corrected chi connectivity index (χ3v) is 2.89. The van der Waals surface area contributed by atoms with Crippen molar-refractivity contribution in [2.45, 2.75) is 19.5 Å². The lowest BCUT2D eigenvalue weighted by molar-refractivity contribution is 0.165. The van der Waals surface area contributed by atoms with E-state index >= 15 is 0 Å². The summed E-state index contributed by atoms with van der Waals surface area (Å²) in [5.74, 6) is -1.02. The highest BCUT2D eigenvalue weighted by molar-refractivity contribution is 5.21. The van der Waals surface area contributed by atoms with Crippen molar-refractivity contribution >= 4 is 0 Å². The predicted octanol–water partition coefficient (Wildman–Crippen LogP) is 2.74. The van der Waals surface area contributed by atoms with Crippen LogP contribution in [0.1, 0.15) is 23.1 Å². The number of aromatic nitrogens is 1. The van der Waals surface area contributed by atoms with E-state index < -0.39 is 11.6 Å². The first-order valence-electron chi connectivity index (χ1n) is 6.19. The van der Waals surface area contributed by atoms with Gasteiger partial charge in [-0.15, -0.1) is 0 Å². The van der Waals surface area contributed by atoms with Crippen LogP contribution in [-0.2, 0) is 11.3 Å². The van der Waals surface area contributed by atoms with Crippen LogP contribution in [0.2, 0.25) is 0 Å². The first kappa shape index (κ1) is 14.6. The van der Waals surface area contributed by atoms with E-state index in [9.17, 15) is 8.78 Å². The lowest BCUT2D eigenvalue weighted by Crippen LogP contribution is -2.25. The number of aryl methyl sites for hydroxylation is 1. The molecule has 0 aliphatic rings. The Bertz CT molecular complexity index is 572. The molecule has 0 unspecified atom stereocenters. The summed E-state index contributed by atoms with van der Waals surface area (Å²) in [4.78, 5) is 0. The molecule has 0 aliphatic carbocycles. The molecule has 6 heteroatoms. The van der Waals surface area contributed by atoms with Crippen molar-refractivity contribution in [2.75, 3.05) is 13.7 Å². The van der Waals surface area contributed by atoms with E-state index in [1.807, 2.05) is 6.07 Å². The maximum absolute atomic E-state index is 13.3. The summed E-state index contributed by atoms with van der Waals surface area (Å²) < 4.78 is 36.3. The molecule has 0 amide bonds. The monoisotopic (exact) mass is 282 g/mol. The van der Waals surface area contributed by atoms with Gasteiger partial charge in [0.2, 0.25) is 0 Å². The standard InChI is InChI=1S/C14H16F2N2O2/c1-9-5-11(18-20-9)7-17-14(8-19-2)10-3-4-12(15)13(16)6-10/h3-6,14,17H,7-8H2,1-2H3/t14-/m1/s1. The highest BCUT2D eigenvalue weighted by Gasteiger charge is 2.14.